The zero-order chi connectivity index (χ0) is 11.4. The van der Waals surface area contributed by atoms with E-state index < -0.39 is 0 Å². The molecule has 1 aliphatic rings. The van der Waals surface area contributed by atoms with Crippen molar-refractivity contribution in [3.05, 3.63) is 34.9 Å². The van der Waals surface area contributed by atoms with Gasteiger partial charge in [-0.2, -0.15) is 11.8 Å². The molecule has 1 aliphatic heterocycles. The van der Waals surface area contributed by atoms with Crippen molar-refractivity contribution in [1.29, 1.82) is 0 Å². The molecule has 2 rings (SSSR count). The van der Waals surface area contributed by atoms with Gasteiger partial charge in [-0.3, -0.25) is 0 Å². The van der Waals surface area contributed by atoms with Crippen LogP contribution in [-0.2, 0) is 0 Å². The molecule has 1 aromatic rings. The summed E-state index contributed by atoms with van der Waals surface area (Å²) in [7, 11) is 0. The average molecular weight is 256 g/mol. The van der Waals surface area contributed by atoms with Gasteiger partial charge in [-0.05, 0) is 42.0 Å². The second-order valence-corrected chi connectivity index (χ2v) is 5.74. The van der Waals surface area contributed by atoms with Gasteiger partial charge in [0.25, 0.3) is 0 Å². The van der Waals surface area contributed by atoms with Crippen molar-refractivity contribution >= 4 is 23.4 Å². The summed E-state index contributed by atoms with van der Waals surface area (Å²) in [5.41, 5.74) is 1.26. The van der Waals surface area contributed by atoms with Crippen LogP contribution in [-0.4, -0.2) is 18.1 Å². The monoisotopic (exact) mass is 255 g/mol. The summed E-state index contributed by atoms with van der Waals surface area (Å²) in [4.78, 5) is 0. The number of rotatable bonds is 4. The Kier molecular flexibility index (Phi) is 4.56. The first-order valence-electron chi connectivity index (χ1n) is 5.88. The Balaban J connectivity index is 2.21. The van der Waals surface area contributed by atoms with E-state index in [0.29, 0.717) is 6.04 Å². The molecular weight excluding hydrogens is 238 g/mol. The molecule has 0 aliphatic carbocycles. The molecule has 0 bridgehead atoms. The summed E-state index contributed by atoms with van der Waals surface area (Å²) in [5.74, 6) is 3.27. The standard InChI is InChI=1S/C13H18ClNS/c1-2-15-13(10-7-8-16-9-10)11-5-3-4-6-12(11)14/h3-6,10,13,15H,2,7-9H2,1H3. The lowest BCUT2D eigenvalue weighted by Crippen LogP contribution is -2.28. The Labute approximate surface area is 107 Å². The normalized spacial score (nSPS) is 22.2. The van der Waals surface area contributed by atoms with Crippen molar-refractivity contribution in [3.8, 4) is 0 Å². The summed E-state index contributed by atoms with van der Waals surface area (Å²) in [5, 5.41) is 4.48. The van der Waals surface area contributed by atoms with Crippen molar-refractivity contribution in [2.24, 2.45) is 5.92 Å². The van der Waals surface area contributed by atoms with Crippen LogP contribution in [0.2, 0.25) is 5.02 Å². The maximum absolute atomic E-state index is 6.29. The van der Waals surface area contributed by atoms with Gasteiger partial charge in [-0.25, -0.2) is 0 Å². The van der Waals surface area contributed by atoms with Gasteiger partial charge in [0.1, 0.15) is 0 Å². The highest BCUT2D eigenvalue weighted by atomic mass is 35.5. The molecule has 3 heteroatoms. The van der Waals surface area contributed by atoms with Crippen molar-refractivity contribution < 1.29 is 0 Å². The average Bonchev–Trinajstić information content (AvgIpc) is 2.80. The fraction of sp³-hybridized carbons (Fsp3) is 0.538. The summed E-state index contributed by atoms with van der Waals surface area (Å²) < 4.78 is 0. The van der Waals surface area contributed by atoms with Gasteiger partial charge in [-0.15, -0.1) is 0 Å². The minimum absolute atomic E-state index is 0.425. The molecule has 0 spiro atoms. The van der Waals surface area contributed by atoms with Gasteiger partial charge in [0.05, 0.1) is 0 Å². The van der Waals surface area contributed by atoms with Crippen LogP contribution in [0.5, 0.6) is 0 Å². The molecule has 0 saturated carbocycles. The van der Waals surface area contributed by atoms with Crippen molar-refractivity contribution in [3.63, 3.8) is 0 Å². The smallest absolute Gasteiger partial charge is 0.0453 e. The van der Waals surface area contributed by atoms with E-state index in [1.807, 2.05) is 12.1 Å². The van der Waals surface area contributed by atoms with Crippen LogP contribution in [0.1, 0.15) is 24.9 Å². The Morgan fingerprint density at radius 3 is 2.94 bits per heavy atom. The maximum atomic E-state index is 6.29. The molecule has 1 heterocycles. The van der Waals surface area contributed by atoms with Crippen LogP contribution in [0.3, 0.4) is 0 Å². The molecule has 2 unspecified atom stereocenters. The summed E-state index contributed by atoms with van der Waals surface area (Å²) >= 11 is 8.34. The highest BCUT2D eigenvalue weighted by Crippen LogP contribution is 2.36. The number of thioether (sulfide) groups is 1. The van der Waals surface area contributed by atoms with Crippen LogP contribution in [0.15, 0.2) is 24.3 Å². The lowest BCUT2D eigenvalue weighted by molar-refractivity contribution is 0.401. The van der Waals surface area contributed by atoms with Gasteiger partial charge in [-0.1, -0.05) is 36.7 Å². The van der Waals surface area contributed by atoms with Gasteiger partial charge < -0.3 is 5.32 Å². The third-order valence-electron chi connectivity index (χ3n) is 3.10. The summed E-state index contributed by atoms with van der Waals surface area (Å²) in [6.45, 7) is 3.16. The highest BCUT2D eigenvalue weighted by Gasteiger charge is 2.27. The van der Waals surface area contributed by atoms with E-state index in [9.17, 15) is 0 Å². The van der Waals surface area contributed by atoms with Crippen LogP contribution < -0.4 is 5.32 Å². The molecule has 1 saturated heterocycles. The van der Waals surface area contributed by atoms with Crippen molar-refractivity contribution in [2.45, 2.75) is 19.4 Å². The lowest BCUT2D eigenvalue weighted by Gasteiger charge is -2.25. The van der Waals surface area contributed by atoms with E-state index >= 15 is 0 Å². The predicted octanol–water partition coefficient (Wildman–Crippen LogP) is 3.74. The highest BCUT2D eigenvalue weighted by molar-refractivity contribution is 7.99. The van der Waals surface area contributed by atoms with Gasteiger partial charge in [0.2, 0.25) is 0 Å². The van der Waals surface area contributed by atoms with E-state index in [2.05, 4.69) is 36.1 Å². The van der Waals surface area contributed by atoms with Crippen molar-refractivity contribution in [1.82, 2.24) is 5.32 Å². The summed E-state index contributed by atoms with van der Waals surface area (Å²) in [6.07, 6.45) is 1.30. The van der Waals surface area contributed by atoms with Crippen LogP contribution in [0.25, 0.3) is 0 Å². The minimum atomic E-state index is 0.425. The SMILES string of the molecule is CCNC(c1ccccc1Cl)C1CCSC1. The second kappa shape index (κ2) is 5.95. The second-order valence-electron chi connectivity index (χ2n) is 4.18. The first-order valence-corrected chi connectivity index (χ1v) is 7.41. The molecule has 1 nitrogen and oxygen atoms in total. The maximum Gasteiger partial charge on any atom is 0.0453 e. The van der Waals surface area contributed by atoms with E-state index in [4.69, 9.17) is 11.6 Å². The summed E-state index contributed by atoms with van der Waals surface area (Å²) in [6, 6.07) is 8.64. The Bertz CT molecular complexity index is 336. The third-order valence-corrected chi connectivity index (χ3v) is 4.63. The Morgan fingerprint density at radius 2 is 2.31 bits per heavy atom. The van der Waals surface area contributed by atoms with Gasteiger partial charge in [0, 0.05) is 11.1 Å². The number of hydrogen-bond acceptors (Lipinski definition) is 2. The van der Waals surface area contributed by atoms with E-state index in [0.717, 1.165) is 17.5 Å². The quantitative estimate of drug-likeness (QED) is 0.880. The fourth-order valence-electron chi connectivity index (χ4n) is 2.29. The molecule has 16 heavy (non-hydrogen) atoms. The van der Waals surface area contributed by atoms with E-state index in [-0.39, 0.29) is 0 Å². The third kappa shape index (κ3) is 2.73. The van der Waals surface area contributed by atoms with E-state index in [1.54, 1.807) is 0 Å². The Hall–Kier alpha value is -0.180. The largest absolute Gasteiger partial charge is 0.310 e. The minimum Gasteiger partial charge on any atom is -0.310 e. The topological polar surface area (TPSA) is 12.0 Å². The zero-order valence-electron chi connectivity index (χ0n) is 9.58. The predicted molar refractivity (Wildman–Crippen MR) is 73.3 cm³/mol. The Morgan fingerprint density at radius 1 is 1.50 bits per heavy atom. The van der Waals surface area contributed by atoms with Gasteiger partial charge in [0.15, 0.2) is 0 Å². The first-order chi connectivity index (χ1) is 7.83. The number of halogens is 1. The molecular formula is C13H18ClNS. The zero-order valence-corrected chi connectivity index (χ0v) is 11.2. The van der Waals surface area contributed by atoms with Gasteiger partial charge >= 0.3 is 0 Å². The number of nitrogens with one attached hydrogen (secondary N) is 1. The molecule has 0 aromatic heterocycles. The number of benzene rings is 1. The molecule has 0 amide bonds. The molecule has 0 radical (unpaired) electrons. The molecule has 1 fully saturated rings. The van der Waals surface area contributed by atoms with Crippen molar-refractivity contribution in [2.75, 3.05) is 18.1 Å². The van der Waals surface area contributed by atoms with E-state index in [1.165, 1.54) is 23.5 Å². The first kappa shape index (κ1) is 12.3. The molecule has 1 N–H and O–H groups in total. The molecule has 88 valence electrons. The molecule has 2 atom stereocenters. The van der Waals surface area contributed by atoms with Crippen LogP contribution in [0.4, 0.5) is 0 Å². The number of hydrogen-bond donors (Lipinski definition) is 1. The van der Waals surface area contributed by atoms with Crippen LogP contribution in [0, 0.1) is 5.92 Å². The fourth-order valence-corrected chi connectivity index (χ4v) is 3.84. The molecule has 1 aromatic carbocycles. The van der Waals surface area contributed by atoms with Crippen LogP contribution >= 0.6 is 23.4 Å². The lowest BCUT2D eigenvalue weighted by atomic mass is 9.92.